The molecule has 18 heavy (non-hydrogen) atoms. The van der Waals surface area contributed by atoms with Crippen molar-refractivity contribution in [2.24, 2.45) is 0 Å². The van der Waals surface area contributed by atoms with Crippen molar-refractivity contribution in [1.29, 1.82) is 0 Å². The molecule has 1 N–H and O–H groups in total. The fourth-order valence-corrected chi connectivity index (χ4v) is 1.63. The smallest absolute Gasteiger partial charge is 0.258 e. The zero-order valence-electron chi connectivity index (χ0n) is 10.2. The minimum Gasteiger partial charge on any atom is -0.322 e. The monoisotopic (exact) mass is 244 g/mol. The molecule has 2 aromatic rings. The Labute approximate surface area is 105 Å². The molecule has 92 valence electrons. The maximum Gasteiger partial charge on any atom is 0.258 e. The number of hydrogen-bond donors (Lipinski definition) is 1. The van der Waals surface area contributed by atoms with E-state index in [0.29, 0.717) is 5.69 Å². The Morgan fingerprint density at radius 2 is 2.00 bits per heavy atom. The molecular formula is C14H13FN2O. The molecule has 1 heterocycles. The van der Waals surface area contributed by atoms with Crippen LogP contribution in [-0.2, 0) is 0 Å². The highest BCUT2D eigenvalue weighted by Crippen LogP contribution is 2.13. The second-order valence-corrected chi connectivity index (χ2v) is 4.12. The standard InChI is InChI=1S/C14H13FN2O/c1-9-3-4-12(13(15)7-9)14(18)17-11-5-6-16-10(2)8-11/h3-8H,1-2H3,(H,16,17,18). The lowest BCUT2D eigenvalue weighted by Gasteiger charge is -2.07. The van der Waals surface area contributed by atoms with Crippen LogP contribution in [0.5, 0.6) is 0 Å². The Morgan fingerprint density at radius 1 is 1.22 bits per heavy atom. The minimum absolute atomic E-state index is 0.0371. The van der Waals surface area contributed by atoms with Crippen LogP contribution in [-0.4, -0.2) is 10.9 Å². The van der Waals surface area contributed by atoms with Crippen molar-refractivity contribution in [2.45, 2.75) is 13.8 Å². The normalized spacial score (nSPS) is 10.2. The van der Waals surface area contributed by atoms with Crippen molar-refractivity contribution >= 4 is 11.6 Å². The number of hydrogen-bond acceptors (Lipinski definition) is 2. The Bertz CT molecular complexity index is 596. The van der Waals surface area contributed by atoms with E-state index < -0.39 is 11.7 Å². The van der Waals surface area contributed by atoms with Crippen molar-refractivity contribution in [1.82, 2.24) is 4.98 Å². The molecule has 0 atom stereocenters. The maximum atomic E-state index is 13.6. The molecule has 1 aromatic heterocycles. The van der Waals surface area contributed by atoms with Crippen molar-refractivity contribution in [3.63, 3.8) is 0 Å². The molecule has 4 heteroatoms. The Morgan fingerprint density at radius 3 is 2.67 bits per heavy atom. The Hall–Kier alpha value is -2.23. The molecule has 0 saturated carbocycles. The van der Waals surface area contributed by atoms with Gasteiger partial charge in [0.05, 0.1) is 5.56 Å². The summed E-state index contributed by atoms with van der Waals surface area (Å²) < 4.78 is 13.6. The van der Waals surface area contributed by atoms with Gasteiger partial charge in [-0.25, -0.2) is 4.39 Å². The van der Waals surface area contributed by atoms with Crippen molar-refractivity contribution in [3.05, 3.63) is 59.2 Å². The van der Waals surface area contributed by atoms with Gasteiger partial charge in [0.15, 0.2) is 0 Å². The first-order chi connectivity index (χ1) is 8.56. The van der Waals surface area contributed by atoms with Crippen LogP contribution in [0.4, 0.5) is 10.1 Å². The second kappa shape index (κ2) is 4.96. The summed E-state index contributed by atoms with van der Waals surface area (Å²) in [6.07, 6.45) is 1.59. The molecule has 0 fully saturated rings. The van der Waals surface area contributed by atoms with Crippen molar-refractivity contribution in [2.75, 3.05) is 5.32 Å². The van der Waals surface area contributed by atoms with E-state index in [2.05, 4.69) is 10.3 Å². The van der Waals surface area contributed by atoms with Gasteiger partial charge in [-0.2, -0.15) is 0 Å². The summed E-state index contributed by atoms with van der Waals surface area (Å²) in [5.41, 5.74) is 2.21. The van der Waals surface area contributed by atoms with E-state index in [1.807, 2.05) is 6.92 Å². The third-order valence-electron chi connectivity index (χ3n) is 2.52. The van der Waals surface area contributed by atoms with Crippen LogP contribution in [0.1, 0.15) is 21.6 Å². The highest BCUT2D eigenvalue weighted by atomic mass is 19.1. The lowest BCUT2D eigenvalue weighted by Crippen LogP contribution is -2.14. The molecule has 0 aliphatic heterocycles. The van der Waals surface area contributed by atoms with Crippen LogP contribution in [0.15, 0.2) is 36.5 Å². The molecule has 1 aromatic carbocycles. The number of rotatable bonds is 2. The van der Waals surface area contributed by atoms with Gasteiger partial charge in [0.1, 0.15) is 5.82 Å². The summed E-state index contributed by atoms with van der Waals surface area (Å²) in [4.78, 5) is 15.9. The summed E-state index contributed by atoms with van der Waals surface area (Å²) >= 11 is 0. The highest BCUT2D eigenvalue weighted by molar-refractivity contribution is 6.04. The molecule has 1 amide bonds. The molecular weight excluding hydrogens is 231 g/mol. The number of aromatic nitrogens is 1. The average Bonchev–Trinajstić information content (AvgIpc) is 2.28. The number of nitrogens with zero attached hydrogens (tertiary/aromatic N) is 1. The molecule has 0 radical (unpaired) electrons. The second-order valence-electron chi connectivity index (χ2n) is 4.12. The lowest BCUT2D eigenvalue weighted by molar-refractivity contribution is 0.102. The van der Waals surface area contributed by atoms with Crippen LogP contribution in [0, 0.1) is 19.7 Å². The predicted molar refractivity (Wildman–Crippen MR) is 68.1 cm³/mol. The molecule has 0 aliphatic carbocycles. The van der Waals surface area contributed by atoms with Gasteiger partial charge in [-0.05, 0) is 43.7 Å². The van der Waals surface area contributed by atoms with Gasteiger partial charge in [-0.3, -0.25) is 9.78 Å². The molecule has 2 rings (SSSR count). The van der Waals surface area contributed by atoms with Crippen LogP contribution in [0.25, 0.3) is 0 Å². The quantitative estimate of drug-likeness (QED) is 0.882. The number of amides is 1. The average molecular weight is 244 g/mol. The van der Waals surface area contributed by atoms with Crippen LogP contribution in [0.2, 0.25) is 0 Å². The number of carbonyl (C=O) groups is 1. The van der Waals surface area contributed by atoms with E-state index in [0.717, 1.165) is 11.3 Å². The first kappa shape index (κ1) is 12.2. The van der Waals surface area contributed by atoms with E-state index in [1.54, 1.807) is 31.3 Å². The molecule has 0 unspecified atom stereocenters. The number of halogens is 1. The number of nitrogens with one attached hydrogen (secondary N) is 1. The van der Waals surface area contributed by atoms with E-state index in [4.69, 9.17) is 0 Å². The number of benzene rings is 1. The molecule has 0 bridgehead atoms. The largest absolute Gasteiger partial charge is 0.322 e. The SMILES string of the molecule is Cc1ccc(C(=O)Nc2ccnc(C)c2)c(F)c1. The van der Waals surface area contributed by atoms with Gasteiger partial charge in [0.2, 0.25) is 0 Å². The van der Waals surface area contributed by atoms with Crippen LogP contribution < -0.4 is 5.32 Å². The van der Waals surface area contributed by atoms with Gasteiger partial charge >= 0.3 is 0 Å². The summed E-state index contributed by atoms with van der Waals surface area (Å²) in [5, 5.41) is 2.64. The minimum atomic E-state index is -0.515. The first-order valence-corrected chi connectivity index (χ1v) is 5.56. The van der Waals surface area contributed by atoms with Gasteiger partial charge < -0.3 is 5.32 Å². The van der Waals surface area contributed by atoms with Crippen LogP contribution >= 0.6 is 0 Å². The van der Waals surface area contributed by atoms with E-state index >= 15 is 0 Å². The van der Waals surface area contributed by atoms with Crippen LogP contribution in [0.3, 0.4) is 0 Å². The zero-order chi connectivity index (χ0) is 13.1. The summed E-state index contributed by atoms with van der Waals surface area (Å²) in [6.45, 7) is 3.60. The lowest BCUT2D eigenvalue weighted by atomic mass is 10.1. The third kappa shape index (κ3) is 2.71. The summed E-state index contributed by atoms with van der Waals surface area (Å²) in [5.74, 6) is -0.976. The summed E-state index contributed by atoms with van der Waals surface area (Å²) in [7, 11) is 0. The van der Waals surface area contributed by atoms with Gasteiger partial charge in [-0.15, -0.1) is 0 Å². The fraction of sp³-hybridized carbons (Fsp3) is 0.143. The molecule has 0 saturated heterocycles. The van der Waals surface area contributed by atoms with Gasteiger partial charge in [0.25, 0.3) is 5.91 Å². The van der Waals surface area contributed by atoms with Gasteiger partial charge in [-0.1, -0.05) is 6.07 Å². The van der Waals surface area contributed by atoms with Crippen molar-refractivity contribution < 1.29 is 9.18 Å². The molecule has 0 aliphatic rings. The maximum absolute atomic E-state index is 13.6. The Balaban J connectivity index is 2.22. The van der Waals surface area contributed by atoms with E-state index in [-0.39, 0.29) is 5.56 Å². The topological polar surface area (TPSA) is 42.0 Å². The number of aryl methyl sites for hydroxylation is 2. The number of carbonyl (C=O) groups excluding carboxylic acids is 1. The highest BCUT2D eigenvalue weighted by Gasteiger charge is 2.11. The van der Waals surface area contributed by atoms with Crippen molar-refractivity contribution in [3.8, 4) is 0 Å². The number of pyridine rings is 1. The fourth-order valence-electron chi connectivity index (χ4n) is 1.63. The predicted octanol–water partition coefficient (Wildman–Crippen LogP) is 3.09. The van der Waals surface area contributed by atoms with E-state index in [1.165, 1.54) is 12.1 Å². The molecule has 3 nitrogen and oxygen atoms in total. The van der Waals surface area contributed by atoms with Gasteiger partial charge in [0, 0.05) is 17.6 Å². The summed E-state index contributed by atoms with van der Waals surface area (Å²) in [6, 6.07) is 7.91. The first-order valence-electron chi connectivity index (χ1n) is 5.56. The van der Waals surface area contributed by atoms with E-state index in [9.17, 15) is 9.18 Å². The zero-order valence-corrected chi connectivity index (χ0v) is 10.2. The molecule has 0 spiro atoms. The number of anilines is 1. The Kier molecular flexibility index (Phi) is 3.37. The third-order valence-corrected chi connectivity index (χ3v) is 2.52.